The van der Waals surface area contributed by atoms with E-state index < -0.39 is 6.04 Å². The van der Waals surface area contributed by atoms with Gasteiger partial charge >= 0.3 is 5.97 Å². The minimum Gasteiger partial charge on any atom is -0.468 e. The molecular weight excluding hydrogens is 272 g/mol. The van der Waals surface area contributed by atoms with Crippen LogP contribution in [0.1, 0.15) is 34.1 Å². The zero-order valence-electron chi connectivity index (χ0n) is 13.7. The lowest BCUT2D eigenvalue weighted by molar-refractivity contribution is -0.145. The van der Waals surface area contributed by atoms with Crippen LogP contribution in [0, 0.1) is 5.92 Å². The fourth-order valence-corrected chi connectivity index (χ4v) is 2.58. The van der Waals surface area contributed by atoms with Crippen LogP contribution >= 0.6 is 0 Å². The highest BCUT2D eigenvalue weighted by Crippen LogP contribution is 2.11. The summed E-state index contributed by atoms with van der Waals surface area (Å²) in [5.74, 6) is 0.0232. The highest BCUT2D eigenvalue weighted by Gasteiger charge is 2.27. The van der Waals surface area contributed by atoms with Gasteiger partial charge in [-0.1, -0.05) is 13.8 Å². The summed E-state index contributed by atoms with van der Waals surface area (Å²) in [5, 5.41) is 3.02. The van der Waals surface area contributed by atoms with Crippen molar-refractivity contribution in [3.63, 3.8) is 0 Å². The van der Waals surface area contributed by atoms with E-state index in [-0.39, 0.29) is 30.6 Å². The predicted molar refractivity (Wildman–Crippen MR) is 79.9 cm³/mol. The minimum absolute atomic E-state index is 0.00495. The number of amides is 1. The molecule has 1 N–H and O–H groups in total. The molecule has 1 saturated heterocycles. The Hall–Kier alpha value is -1.14. The van der Waals surface area contributed by atoms with Crippen molar-refractivity contribution in [3.05, 3.63) is 0 Å². The van der Waals surface area contributed by atoms with Gasteiger partial charge in [-0.15, -0.1) is 0 Å². The molecule has 0 aromatic rings. The van der Waals surface area contributed by atoms with E-state index in [1.165, 1.54) is 7.11 Å². The molecule has 0 bridgehead atoms. The quantitative estimate of drug-likeness (QED) is 0.735. The second-order valence-corrected chi connectivity index (χ2v) is 6.14. The first kappa shape index (κ1) is 17.9. The van der Waals surface area contributed by atoms with Crippen molar-refractivity contribution in [1.29, 1.82) is 0 Å². The van der Waals surface area contributed by atoms with E-state index in [0.717, 1.165) is 0 Å². The first-order valence-electron chi connectivity index (χ1n) is 7.57. The van der Waals surface area contributed by atoms with Gasteiger partial charge in [-0.3, -0.25) is 14.9 Å². The normalized spacial score (nSPS) is 24.0. The maximum absolute atomic E-state index is 12.2. The van der Waals surface area contributed by atoms with Crippen LogP contribution in [-0.2, 0) is 19.1 Å². The van der Waals surface area contributed by atoms with Gasteiger partial charge in [-0.25, -0.2) is 0 Å². The molecule has 1 aliphatic rings. The van der Waals surface area contributed by atoms with Gasteiger partial charge in [0.1, 0.15) is 6.04 Å². The molecule has 0 spiro atoms. The van der Waals surface area contributed by atoms with Gasteiger partial charge in [0.05, 0.1) is 25.9 Å². The van der Waals surface area contributed by atoms with E-state index in [9.17, 15) is 9.59 Å². The molecule has 1 rings (SSSR count). The third-order valence-electron chi connectivity index (χ3n) is 3.46. The zero-order valence-corrected chi connectivity index (χ0v) is 13.7. The predicted octanol–water partition coefficient (Wildman–Crippen LogP) is 0.800. The van der Waals surface area contributed by atoms with E-state index in [1.807, 2.05) is 27.7 Å². The Morgan fingerprint density at radius 2 is 1.86 bits per heavy atom. The lowest BCUT2D eigenvalue weighted by atomic mass is 10.0. The molecule has 1 amide bonds. The summed E-state index contributed by atoms with van der Waals surface area (Å²) in [5.41, 5.74) is 0. The second-order valence-electron chi connectivity index (χ2n) is 6.14. The molecular formula is C15H28N2O4. The molecule has 1 aliphatic heterocycles. The van der Waals surface area contributed by atoms with E-state index in [0.29, 0.717) is 25.4 Å². The van der Waals surface area contributed by atoms with E-state index in [2.05, 4.69) is 5.32 Å². The maximum Gasteiger partial charge on any atom is 0.322 e. The summed E-state index contributed by atoms with van der Waals surface area (Å²) in [6, 6.07) is -0.435. The van der Waals surface area contributed by atoms with Crippen molar-refractivity contribution >= 4 is 11.9 Å². The molecule has 6 heteroatoms. The Balaban J connectivity index is 2.50. The van der Waals surface area contributed by atoms with Crippen LogP contribution in [0.15, 0.2) is 0 Å². The molecule has 0 aromatic heterocycles. The molecule has 0 saturated carbocycles. The summed E-state index contributed by atoms with van der Waals surface area (Å²) in [7, 11) is 1.37. The first-order valence-corrected chi connectivity index (χ1v) is 7.57. The largest absolute Gasteiger partial charge is 0.468 e. The van der Waals surface area contributed by atoms with Crippen molar-refractivity contribution < 1.29 is 19.1 Å². The number of hydrogen-bond acceptors (Lipinski definition) is 5. The Morgan fingerprint density at radius 3 is 2.33 bits per heavy atom. The molecule has 1 fully saturated rings. The molecule has 122 valence electrons. The van der Waals surface area contributed by atoms with Gasteiger partial charge in [0.15, 0.2) is 0 Å². The number of carbonyl (C=O) groups is 2. The molecule has 0 aromatic carbocycles. The molecule has 1 heterocycles. The second kappa shape index (κ2) is 8.34. The number of nitrogens with one attached hydrogen (secondary N) is 1. The van der Waals surface area contributed by atoms with E-state index >= 15 is 0 Å². The highest BCUT2D eigenvalue weighted by molar-refractivity contribution is 5.80. The third kappa shape index (κ3) is 6.01. The van der Waals surface area contributed by atoms with Gasteiger partial charge in [0.25, 0.3) is 0 Å². The lowest BCUT2D eigenvalue weighted by Crippen LogP contribution is -2.52. The molecule has 3 atom stereocenters. The Morgan fingerprint density at radius 1 is 1.29 bits per heavy atom. The smallest absolute Gasteiger partial charge is 0.322 e. The van der Waals surface area contributed by atoms with Crippen LogP contribution in [0.25, 0.3) is 0 Å². The van der Waals surface area contributed by atoms with Crippen LogP contribution in [-0.4, -0.2) is 61.8 Å². The van der Waals surface area contributed by atoms with E-state index in [4.69, 9.17) is 9.47 Å². The monoisotopic (exact) mass is 300 g/mol. The van der Waals surface area contributed by atoms with Gasteiger partial charge in [0.2, 0.25) is 5.91 Å². The van der Waals surface area contributed by atoms with Crippen LogP contribution < -0.4 is 5.32 Å². The Bertz CT molecular complexity index is 350. The molecule has 6 nitrogen and oxygen atoms in total. The Kier molecular flexibility index (Phi) is 7.11. The summed E-state index contributed by atoms with van der Waals surface area (Å²) in [6.45, 7) is 9.32. The number of morpholine rings is 1. The average Bonchev–Trinajstić information content (AvgIpc) is 2.40. The fourth-order valence-electron chi connectivity index (χ4n) is 2.58. The van der Waals surface area contributed by atoms with Crippen molar-refractivity contribution in [2.75, 3.05) is 26.7 Å². The van der Waals surface area contributed by atoms with Crippen LogP contribution in [0.4, 0.5) is 0 Å². The van der Waals surface area contributed by atoms with E-state index in [1.54, 1.807) is 4.90 Å². The number of ether oxygens (including phenoxy) is 2. The van der Waals surface area contributed by atoms with Crippen LogP contribution in [0.2, 0.25) is 0 Å². The number of nitrogens with zero attached hydrogens (tertiary/aromatic N) is 1. The molecule has 21 heavy (non-hydrogen) atoms. The highest BCUT2D eigenvalue weighted by atomic mass is 16.5. The van der Waals surface area contributed by atoms with Gasteiger partial charge < -0.3 is 14.4 Å². The van der Waals surface area contributed by atoms with Crippen LogP contribution in [0.5, 0.6) is 0 Å². The molecule has 0 aliphatic carbocycles. The average molecular weight is 300 g/mol. The van der Waals surface area contributed by atoms with Crippen molar-refractivity contribution in [2.45, 2.75) is 52.4 Å². The zero-order chi connectivity index (χ0) is 16.0. The Labute approximate surface area is 127 Å². The number of esters is 1. The SMILES string of the molecule is COC(=O)C(CC(C)C)NCC(=O)N1CC(C)OC(C)C1. The number of methoxy groups -OCH3 is 1. The third-order valence-corrected chi connectivity index (χ3v) is 3.46. The van der Waals surface area contributed by atoms with Gasteiger partial charge in [0, 0.05) is 13.1 Å². The fraction of sp³-hybridized carbons (Fsp3) is 0.867. The van der Waals surface area contributed by atoms with Crippen LogP contribution in [0.3, 0.4) is 0 Å². The summed E-state index contributed by atoms with van der Waals surface area (Å²) < 4.78 is 10.4. The number of rotatable bonds is 6. The number of hydrogen-bond donors (Lipinski definition) is 1. The van der Waals surface area contributed by atoms with Crippen molar-refractivity contribution in [1.82, 2.24) is 10.2 Å². The van der Waals surface area contributed by atoms with Gasteiger partial charge in [-0.2, -0.15) is 0 Å². The minimum atomic E-state index is -0.435. The lowest BCUT2D eigenvalue weighted by Gasteiger charge is -2.35. The first-order chi connectivity index (χ1) is 9.83. The van der Waals surface area contributed by atoms with Crippen molar-refractivity contribution in [2.24, 2.45) is 5.92 Å². The summed E-state index contributed by atoms with van der Waals surface area (Å²) >= 11 is 0. The summed E-state index contributed by atoms with van der Waals surface area (Å²) in [4.78, 5) is 25.7. The van der Waals surface area contributed by atoms with Gasteiger partial charge in [-0.05, 0) is 26.2 Å². The maximum atomic E-state index is 12.2. The summed E-state index contributed by atoms with van der Waals surface area (Å²) in [6.07, 6.45) is 0.741. The van der Waals surface area contributed by atoms with Crippen molar-refractivity contribution in [3.8, 4) is 0 Å². The number of carbonyl (C=O) groups excluding carboxylic acids is 2. The molecule has 3 unspecified atom stereocenters. The topological polar surface area (TPSA) is 67.9 Å². The standard InChI is InChI=1S/C15H28N2O4/c1-10(2)6-13(15(19)20-5)16-7-14(18)17-8-11(3)21-12(4)9-17/h10-13,16H,6-9H2,1-5H3. The molecule has 0 radical (unpaired) electrons.